The molecule has 247 valence electrons. The molecule has 0 amide bonds. The number of pyridine rings is 1. The largest absolute Gasteiger partial charge is 0.557 e. The van der Waals surface area contributed by atoms with Crippen LogP contribution in [0.2, 0.25) is 0 Å². The Morgan fingerprint density at radius 2 is 1.50 bits per heavy atom. The molecule has 0 atom stereocenters. The van der Waals surface area contributed by atoms with E-state index in [1.807, 2.05) is 42.5 Å². The van der Waals surface area contributed by atoms with Crippen LogP contribution >= 0.6 is 0 Å². The Kier molecular flexibility index (Phi) is 10.8. The van der Waals surface area contributed by atoms with Gasteiger partial charge in [-0.25, -0.2) is 0 Å². The summed E-state index contributed by atoms with van der Waals surface area (Å²) in [6, 6.07) is 38.4. The number of furan rings is 1. The Balaban J connectivity index is 0.000000291. The molecule has 0 aliphatic heterocycles. The molecule has 48 heavy (non-hydrogen) atoms. The van der Waals surface area contributed by atoms with Crippen LogP contribution in [-0.2, 0) is 26.5 Å². The summed E-state index contributed by atoms with van der Waals surface area (Å²) in [6.45, 7) is 15.9. The van der Waals surface area contributed by atoms with Crippen LogP contribution in [0.15, 0.2) is 114 Å². The van der Waals surface area contributed by atoms with Gasteiger partial charge in [0.25, 0.3) is 0 Å². The summed E-state index contributed by atoms with van der Waals surface area (Å²) in [4.78, 5) is 9.38. The van der Waals surface area contributed by atoms with Gasteiger partial charge in [-0.1, -0.05) is 126 Å². The van der Waals surface area contributed by atoms with Crippen molar-refractivity contribution in [1.29, 1.82) is 0 Å². The molecule has 0 aliphatic rings. The van der Waals surface area contributed by atoms with Gasteiger partial charge in [-0.15, -0.1) is 35.9 Å². The molecule has 0 fully saturated rings. The van der Waals surface area contributed by atoms with Gasteiger partial charge >= 0.3 is 0 Å². The first-order chi connectivity index (χ1) is 22.6. The van der Waals surface area contributed by atoms with Gasteiger partial charge in [0.1, 0.15) is 0 Å². The van der Waals surface area contributed by atoms with Crippen LogP contribution in [0, 0.1) is 17.7 Å². The van der Waals surface area contributed by atoms with Crippen molar-refractivity contribution < 1.29 is 24.5 Å². The fourth-order valence-electron chi connectivity index (χ4n) is 6.18. The minimum Gasteiger partial charge on any atom is -0.557 e. The van der Waals surface area contributed by atoms with E-state index in [0.29, 0.717) is 11.8 Å². The van der Waals surface area contributed by atoms with E-state index in [-0.39, 0.29) is 25.5 Å². The first-order valence-corrected chi connectivity index (χ1v) is 16.5. The molecule has 0 saturated carbocycles. The Morgan fingerprint density at radius 1 is 0.792 bits per heavy atom. The van der Waals surface area contributed by atoms with E-state index in [9.17, 15) is 0 Å². The Morgan fingerprint density at radius 3 is 2.15 bits per heavy atom. The molecule has 0 N–H and O–H groups in total. The molecule has 7 aromatic rings. The van der Waals surface area contributed by atoms with Crippen LogP contribution < -0.4 is 0 Å². The number of hydrogen-bond donors (Lipinski definition) is 0. The number of aromatic nitrogens is 3. The van der Waals surface area contributed by atoms with Crippen molar-refractivity contribution in [3.63, 3.8) is 0 Å². The Bertz CT molecular complexity index is 2040. The maximum Gasteiger partial charge on any atom is 0.0774 e. The first kappa shape index (κ1) is 35.0. The predicted octanol–water partition coefficient (Wildman–Crippen LogP) is 11.6. The van der Waals surface area contributed by atoms with Crippen molar-refractivity contribution >= 4 is 22.0 Å². The second-order valence-electron chi connectivity index (χ2n) is 14.0. The monoisotopic (exact) mass is 810 g/mol. The third-order valence-electron chi connectivity index (χ3n) is 8.31. The summed E-state index contributed by atoms with van der Waals surface area (Å²) in [7, 11) is 0. The molecular formula is C43H43IrN3O-2. The zero-order valence-electron chi connectivity index (χ0n) is 28.8. The summed E-state index contributed by atoms with van der Waals surface area (Å²) in [5.41, 5.74) is 11.2. The van der Waals surface area contributed by atoms with Gasteiger partial charge in [0.05, 0.1) is 16.9 Å². The van der Waals surface area contributed by atoms with Crippen LogP contribution in [0.3, 0.4) is 0 Å². The number of para-hydroxylation sites is 3. The average Bonchev–Trinajstić information content (AvgIpc) is 3.65. The van der Waals surface area contributed by atoms with Crippen LogP contribution in [0.25, 0.3) is 50.3 Å². The Labute approximate surface area is 298 Å². The van der Waals surface area contributed by atoms with E-state index < -0.39 is 0 Å². The standard InChI is InChI=1S/C32H35N2O.C11H8N.Ir/c1-20(2)23-11-10-12-24(21(3)4)30(23)34-28-14-9-8-13-27(28)33-31(34)26-19-35-29-16-15-22(17-25(26)29)18-32(5,6)7;1-2-6-10(7-3-1)11-8-4-5-9-12-11;/h8-17,20-21H,18H2,1-7H3;1-6,8-9H;/q2*-1;. The number of hydrogen-bond acceptors (Lipinski definition) is 3. The topological polar surface area (TPSA) is 43.9 Å². The summed E-state index contributed by atoms with van der Waals surface area (Å²) in [5, 5.41) is 1.07. The van der Waals surface area contributed by atoms with E-state index in [1.165, 1.54) is 22.4 Å². The Hall–Kier alpha value is -4.31. The normalized spacial score (nSPS) is 11.5. The summed E-state index contributed by atoms with van der Waals surface area (Å²) in [6.07, 6.45) is 6.02. The molecule has 4 nitrogen and oxygen atoms in total. The SMILES string of the molecule is CC(C)c1cccc(C(C)C)c1-n1c(-c2[c-]oc3ccc(CC(C)(C)C)cc23)nc2ccccc21.[Ir].[c-]1ccccc1-c1ccccn1. The second-order valence-corrected chi connectivity index (χ2v) is 14.0. The summed E-state index contributed by atoms with van der Waals surface area (Å²) >= 11 is 0. The van der Waals surface area contributed by atoms with E-state index in [2.05, 4.69) is 131 Å². The van der Waals surface area contributed by atoms with Gasteiger partial charge in [0.2, 0.25) is 0 Å². The van der Waals surface area contributed by atoms with Crippen LogP contribution in [0.4, 0.5) is 0 Å². The second kappa shape index (κ2) is 14.8. The first-order valence-electron chi connectivity index (χ1n) is 16.5. The molecular weight excluding hydrogens is 767 g/mol. The van der Waals surface area contributed by atoms with Crippen molar-refractivity contribution in [3.05, 3.63) is 138 Å². The summed E-state index contributed by atoms with van der Waals surface area (Å²) < 4.78 is 8.30. The zero-order valence-corrected chi connectivity index (χ0v) is 31.2. The van der Waals surface area contributed by atoms with E-state index in [1.54, 1.807) is 6.20 Å². The smallest absolute Gasteiger partial charge is 0.0774 e. The number of imidazole rings is 1. The van der Waals surface area contributed by atoms with Crippen molar-refractivity contribution in [2.24, 2.45) is 5.41 Å². The minimum atomic E-state index is 0. The zero-order chi connectivity index (χ0) is 33.1. The molecule has 3 aromatic heterocycles. The molecule has 5 heteroatoms. The van der Waals surface area contributed by atoms with E-state index in [0.717, 1.165) is 51.1 Å². The number of benzene rings is 4. The van der Waals surface area contributed by atoms with Crippen LogP contribution in [-0.4, -0.2) is 14.5 Å². The van der Waals surface area contributed by atoms with Crippen molar-refractivity contribution in [1.82, 2.24) is 14.5 Å². The minimum absolute atomic E-state index is 0. The average molecular weight is 810 g/mol. The molecule has 0 saturated heterocycles. The van der Waals surface area contributed by atoms with Gasteiger partial charge in [0, 0.05) is 43.8 Å². The number of fused-ring (bicyclic) bond motifs is 2. The van der Waals surface area contributed by atoms with Gasteiger partial charge in [-0.05, 0) is 58.7 Å². The van der Waals surface area contributed by atoms with Gasteiger partial charge < -0.3 is 14.0 Å². The molecule has 4 aromatic carbocycles. The van der Waals surface area contributed by atoms with Gasteiger partial charge in [-0.3, -0.25) is 4.98 Å². The molecule has 0 spiro atoms. The van der Waals surface area contributed by atoms with Crippen LogP contribution in [0.1, 0.15) is 77.0 Å². The molecule has 3 heterocycles. The summed E-state index contributed by atoms with van der Waals surface area (Å²) in [5.74, 6) is 1.63. The predicted molar refractivity (Wildman–Crippen MR) is 195 cm³/mol. The third-order valence-corrected chi connectivity index (χ3v) is 8.31. The number of nitrogens with zero attached hydrogens (tertiary/aromatic N) is 3. The van der Waals surface area contributed by atoms with E-state index in [4.69, 9.17) is 9.40 Å². The van der Waals surface area contributed by atoms with Crippen molar-refractivity contribution in [2.75, 3.05) is 0 Å². The number of rotatable bonds is 6. The maximum absolute atomic E-state index is 5.95. The molecule has 0 bridgehead atoms. The third kappa shape index (κ3) is 7.54. The maximum atomic E-state index is 5.95. The van der Waals surface area contributed by atoms with Crippen molar-refractivity contribution in [2.45, 2.75) is 66.7 Å². The molecule has 0 unspecified atom stereocenters. The van der Waals surface area contributed by atoms with Gasteiger partial charge in [0.15, 0.2) is 0 Å². The molecule has 1 radical (unpaired) electrons. The van der Waals surface area contributed by atoms with Crippen LogP contribution in [0.5, 0.6) is 0 Å². The molecule has 0 aliphatic carbocycles. The van der Waals surface area contributed by atoms with Crippen molar-refractivity contribution in [3.8, 4) is 28.3 Å². The fraction of sp³-hybridized carbons (Fsp3) is 0.256. The van der Waals surface area contributed by atoms with Gasteiger partial charge in [-0.2, -0.15) is 0 Å². The van der Waals surface area contributed by atoms with E-state index >= 15 is 0 Å². The fourth-order valence-corrected chi connectivity index (χ4v) is 6.18. The quantitative estimate of drug-likeness (QED) is 0.157. The molecule has 7 rings (SSSR count).